The lowest BCUT2D eigenvalue weighted by Crippen LogP contribution is -2.54. The number of thiocarbonyl (C=S) groups is 1. The van der Waals surface area contributed by atoms with Crippen molar-refractivity contribution < 1.29 is 19.1 Å². The molecular formula is C27H22Br2N2O4S. The molecule has 0 spiro atoms. The van der Waals surface area contributed by atoms with Gasteiger partial charge < -0.3 is 9.47 Å². The Morgan fingerprint density at radius 1 is 1.03 bits per heavy atom. The van der Waals surface area contributed by atoms with Gasteiger partial charge in [-0.25, -0.2) is 0 Å². The predicted octanol–water partition coefficient (Wildman–Crippen LogP) is 6.25. The molecule has 1 aliphatic rings. The predicted molar refractivity (Wildman–Crippen MR) is 151 cm³/mol. The van der Waals surface area contributed by atoms with E-state index in [9.17, 15) is 9.59 Å². The first-order chi connectivity index (χ1) is 17.2. The van der Waals surface area contributed by atoms with Crippen LogP contribution in [-0.4, -0.2) is 24.0 Å². The van der Waals surface area contributed by atoms with Crippen molar-refractivity contribution in [3.05, 3.63) is 91.4 Å². The highest BCUT2D eigenvalue weighted by Gasteiger charge is 2.35. The van der Waals surface area contributed by atoms with Crippen molar-refractivity contribution in [2.45, 2.75) is 20.5 Å². The summed E-state index contributed by atoms with van der Waals surface area (Å²) >= 11 is 12.3. The Labute approximate surface area is 231 Å². The van der Waals surface area contributed by atoms with Gasteiger partial charge in [0.25, 0.3) is 11.8 Å². The summed E-state index contributed by atoms with van der Waals surface area (Å²) in [4.78, 5) is 27.5. The Kier molecular flexibility index (Phi) is 7.92. The van der Waals surface area contributed by atoms with Crippen molar-refractivity contribution >= 4 is 72.8 Å². The quantitative estimate of drug-likeness (QED) is 0.198. The number of aryl methyl sites for hydroxylation is 1. The highest BCUT2D eigenvalue weighted by atomic mass is 79.9. The number of anilines is 1. The van der Waals surface area contributed by atoms with Crippen molar-refractivity contribution in [2.75, 3.05) is 12.0 Å². The molecule has 4 rings (SSSR count). The van der Waals surface area contributed by atoms with Crippen LogP contribution in [0, 0.1) is 13.8 Å². The average Bonchev–Trinajstić information content (AvgIpc) is 2.84. The summed E-state index contributed by atoms with van der Waals surface area (Å²) < 4.78 is 13.4. The number of carbonyl (C=O) groups excluding carboxylic acids is 2. The lowest BCUT2D eigenvalue weighted by atomic mass is 10.0. The van der Waals surface area contributed by atoms with Crippen LogP contribution >= 0.6 is 44.1 Å². The lowest BCUT2D eigenvalue weighted by Gasteiger charge is -2.30. The van der Waals surface area contributed by atoms with Crippen LogP contribution in [0.25, 0.3) is 6.08 Å². The fourth-order valence-electron chi connectivity index (χ4n) is 3.71. The summed E-state index contributed by atoms with van der Waals surface area (Å²) in [6.07, 6.45) is 1.52. The van der Waals surface area contributed by atoms with E-state index in [-0.39, 0.29) is 10.7 Å². The number of hydrogen-bond donors (Lipinski definition) is 1. The summed E-state index contributed by atoms with van der Waals surface area (Å²) in [7, 11) is 1.54. The molecule has 1 heterocycles. The first-order valence-electron chi connectivity index (χ1n) is 10.9. The Morgan fingerprint density at radius 3 is 2.53 bits per heavy atom. The molecule has 1 aliphatic heterocycles. The Balaban J connectivity index is 1.61. The standard InChI is InChI=1S/C27H22Br2N2O4S/c1-15-5-4-6-22(16(15)2)31-26(33)20(25(32)30-27(31)36)11-17-7-10-23(24(12-17)34-3)35-14-18-8-9-19(28)13-21(18)29/h4-13H,14H2,1-3H3,(H,30,32,36)/b20-11+. The maximum Gasteiger partial charge on any atom is 0.270 e. The van der Waals surface area contributed by atoms with Gasteiger partial charge in [0.2, 0.25) is 0 Å². The summed E-state index contributed by atoms with van der Waals surface area (Å²) in [6.45, 7) is 4.20. The highest BCUT2D eigenvalue weighted by molar-refractivity contribution is 9.11. The number of carbonyl (C=O) groups is 2. The first-order valence-corrected chi connectivity index (χ1v) is 12.9. The van der Waals surface area contributed by atoms with Gasteiger partial charge in [-0.15, -0.1) is 0 Å². The van der Waals surface area contributed by atoms with E-state index in [0.717, 1.165) is 25.6 Å². The second-order valence-electron chi connectivity index (χ2n) is 8.11. The van der Waals surface area contributed by atoms with Crippen LogP contribution in [-0.2, 0) is 16.2 Å². The van der Waals surface area contributed by atoms with E-state index in [1.165, 1.54) is 18.1 Å². The lowest BCUT2D eigenvalue weighted by molar-refractivity contribution is -0.122. The zero-order valence-corrected chi connectivity index (χ0v) is 23.7. The third kappa shape index (κ3) is 5.38. The normalized spacial score (nSPS) is 14.8. The average molecular weight is 630 g/mol. The fourth-order valence-corrected chi connectivity index (χ4v) is 5.14. The number of halogens is 2. The molecule has 9 heteroatoms. The van der Waals surface area contributed by atoms with Gasteiger partial charge in [0.05, 0.1) is 12.8 Å². The molecule has 0 atom stereocenters. The monoisotopic (exact) mass is 628 g/mol. The molecule has 0 bridgehead atoms. The molecule has 36 heavy (non-hydrogen) atoms. The molecule has 1 saturated heterocycles. The SMILES string of the molecule is COc1cc(/C=C2\C(=O)NC(=S)N(c3cccc(C)c3C)C2=O)ccc1OCc1ccc(Br)cc1Br. The largest absolute Gasteiger partial charge is 0.493 e. The van der Waals surface area contributed by atoms with Crippen molar-refractivity contribution in [3.63, 3.8) is 0 Å². The van der Waals surface area contributed by atoms with Crippen LogP contribution in [0.1, 0.15) is 22.3 Å². The molecule has 1 N–H and O–H groups in total. The molecule has 0 aliphatic carbocycles. The van der Waals surface area contributed by atoms with Gasteiger partial charge in [-0.2, -0.15) is 0 Å². The molecule has 0 saturated carbocycles. The fraction of sp³-hybridized carbons (Fsp3) is 0.148. The van der Waals surface area contributed by atoms with Crippen molar-refractivity contribution in [1.29, 1.82) is 0 Å². The van der Waals surface area contributed by atoms with E-state index >= 15 is 0 Å². The minimum atomic E-state index is -0.550. The van der Waals surface area contributed by atoms with E-state index in [0.29, 0.717) is 29.4 Å². The zero-order chi connectivity index (χ0) is 26.0. The number of amides is 2. The van der Waals surface area contributed by atoms with Gasteiger partial charge in [0.1, 0.15) is 12.2 Å². The van der Waals surface area contributed by atoms with Crippen LogP contribution < -0.4 is 19.7 Å². The molecule has 0 radical (unpaired) electrons. The van der Waals surface area contributed by atoms with Crippen LogP contribution in [0.15, 0.2) is 69.1 Å². The topological polar surface area (TPSA) is 67.9 Å². The number of rotatable bonds is 6. The minimum Gasteiger partial charge on any atom is -0.493 e. The molecule has 0 unspecified atom stereocenters. The molecule has 6 nitrogen and oxygen atoms in total. The smallest absolute Gasteiger partial charge is 0.270 e. The van der Waals surface area contributed by atoms with Crippen LogP contribution in [0.4, 0.5) is 5.69 Å². The first kappa shape index (κ1) is 26.1. The molecule has 1 fully saturated rings. The third-order valence-electron chi connectivity index (χ3n) is 5.82. The zero-order valence-electron chi connectivity index (χ0n) is 19.7. The van der Waals surface area contributed by atoms with Crippen molar-refractivity contribution in [2.24, 2.45) is 0 Å². The van der Waals surface area contributed by atoms with Gasteiger partial charge in [-0.3, -0.25) is 19.8 Å². The van der Waals surface area contributed by atoms with Crippen LogP contribution in [0.3, 0.4) is 0 Å². The van der Waals surface area contributed by atoms with Crippen LogP contribution in [0.5, 0.6) is 11.5 Å². The Hall–Kier alpha value is -3.01. The van der Waals surface area contributed by atoms with E-state index in [2.05, 4.69) is 37.2 Å². The molecule has 0 aromatic heterocycles. The number of benzene rings is 3. The van der Waals surface area contributed by atoms with E-state index < -0.39 is 11.8 Å². The van der Waals surface area contributed by atoms with Gasteiger partial charge in [-0.05, 0) is 79.2 Å². The van der Waals surface area contributed by atoms with E-state index in [1.807, 2.05) is 44.2 Å². The molecule has 2 amide bonds. The number of ether oxygens (including phenoxy) is 2. The summed E-state index contributed by atoms with van der Waals surface area (Å²) in [5, 5.41) is 2.68. The summed E-state index contributed by atoms with van der Waals surface area (Å²) in [5.41, 5.74) is 4.11. The van der Waals surface area contributed by atoms with Crippen molar-refractivity contribution in [1.82, 2.24) is 5.32 Å². The van der Waals surface area contributed by atoms with Gasteiger partial charge in [-0.1, -0.05) is 56.1 Å². The Bertz CT molecular complexity index is 1420. The van der Waals surface area contributed by atoms with Crippen molar-refractivity contribution in [3.8, 4) is 11.5 Å². The second-order valence-corrected chi connectivity index (χ2v) is 10.3. The molecule has 3 aromatic carbocycles. The highest BCUT2D eigenvalue weighted by Crippen LogP contribution is 2.32. The molecule has 3 aromatic rings. The number of hydrogen-bond acceptors (Lipinski definition) is 5. The maximum absolute atomic E-state index is 13.4. The minimum absolute atomic E-state index is 0.0287. The van der Waals surface area contributed by atoms with E-state index in [1.54, 1.807) is 24.3 Å². The third-order valence-corrected chi connectivity index (χ3v) is 7.33. The summed E-state index contributed by atoms with van der Waals surface area (Å²) in [6, 6.07) is 16.7. The second kappa shape index (κ2) is 10.9. The Morgan fingerprint density at radius 2 is 1.81 bits per heavy atom. The summed E-state index contributed by atoms with van der Waals surface area (Å²) in [5.74, 6) is -0.0296. The molecule has 184 valence electrons. The van der Waals surface area contributed by atoms with Gasteiger partial charge in [0, 0.05) is 14.5 Å². The number of nitrogens with one attached hydrogen (secondary N) is 1. The number of nitrogens with zero attached hydrogens (tertiary/aromatic N) is 1. The van der Waals surface area contributed by atoms with E-state index in [4.69, 9.17) is 21.7 Å². The number of methoxy groups -OCH3 is 1. The van der Waals surface area contributed by atoms with Gasteiger partial charge in [0.15, 0.2) is 16.6 Å². The van der Waals surface area contributed by atoms with Crippen LogP contribution in [0.2, 0.25) is 0 Å². The van der Waals surface area contributed by atoms with Gasteiger partial charge >= 0.3 is 0 Å². The maximum atomic E-state index is 13.4. The molecular weight excluding hydrogens is 608 g/mol.